The summed E-state index contributed by atoms with van der Waals surface area (Å²) in [5, 5.41) is 0.106. The second-order valence-electron chi connectivity index (χ2n) is 7.69. The van der Waals surface area contributed by atoms with Gasteiger partial charge in [0, 0.05) is 11.6 Å². The van der Waals surface area contributed by atoms with Crippen molar-refractivity contribution in [2.24, 2.45) is 0 Å². The first-order valence-electron chi connectivity index (χ1n) is 10.3. The van der Waals surface area contributed by atoms with Gasteiger partial charge in [-0.1, -0.05) is 53.5 Å². The molecule has 0 spiro atoms. The molecule has 3 aromatic rings. The van der Waals surface area contributed by atoms with E-state index in [1.165, 1.54) is 30.3 Å². The number of sulfonamides is 1. The van der Waals surface area contributed by atoms with Gasteiger partial charge in [-0.2, -0.15) is 4.31 Å². The Morgan fingerprint density at radius 3 is 2.32 bits per heavy atom. The molecule has 0 saturated carbocycles. The van der Waals surface area contributed by atoms with Gasteiger partial charge in [-0.05, 0) is 54.4 Å². The van der Waals surface area contributed by atoms with Gasteiger partial charge in [0.05, 0.1) is 17.1 Å². The second-order valence-corrected chi connectivity index (χ2v) is 10.4. The Labute approximate surface area is 206 Å². The number of nitrogens with zero attached hydrogens (tertiary/aromatic N) is 2. The minimum absolute atomic E-state index is 0.0544. The lowest BCUT2D eigenvalue weighted by Gasteiger charge is -2.27. The monoisotopic (exact) mass is 520 g/mol. The Kier molecular flexibility index (Phi) is 7.04. The molecule has 1 aliphatic rings. The zero-order valence-corrected chi connectivity index (χ0v) is 20.0. The quantitative estimate of drug-likeness (QED) is 0.423. The third-order valence-corrected chi connectivity index (χ3v) is 8.12. The van der Waals surface area contributed by atoms with Crippen molar-refractivity contribution in [3.05, 3.63) is 94.2 Å². The van der Waals surface area contributed by atoms with Crippen LogP contribution in [-0.2, 0) is 26.0 Å². The summed E-state index contributed by atoms with van der Waals surface area (Å²) in [6.45, 7) is -0.0733. The molecule has 3 aromatic carbocycles. The summed E-state index contributed by atoms with van der Waals surface area (Å²) < 4.78 is 41.8. The standard InChI is InChI=1S/C24H19Cl2FN2O4S/c25-17-6-11-20(26)22(14-17)34(32,33)28(13-12-16-4-2-1-3-5-16)21-15-23(30)29(24(21)31)19-9-7-18(27)8-10-19/h1-11,14,21H,12-13,15H2. The molecular weight excluding hydrogens is 502 g/mol. The Balaban J connectivity index is 1.73. The lowest BCUT2D eigenvalue weighted by molar-refractivity contribution is -0.122. The number of hydrogen-bond donors (Lipinski definition) is 0. The molecule has 6 nitrogen and oxygen atoms in total. The first kappa shape index (κ1) is 24.3. The molecule has 1 fully saturated rings. The van der Waals surface area contributed by atoms with E-state index in [-0.39, 0.29) is 33.6 Å². The summed E-state index contributed by atoms with van der Waals surface area (Å²) in [6.07, 6.45) is -0.0603. The highest BCUT2D eigenvalue weighted by Crippen LogP contribution is 2.33. The lowest BCUT2D eigenvalue weighted by atomic mass is 10.1. The van der Waals surface area contributed by atoms with Crippen LogP contribution in [-0.4, -0.2) is 37.1 Å². The predicted molar refractivity (Wildman–Crippen MR) is 128 cm³/mol. The highest BCUT2D eigenvalue weighted by atomic mass is 35.5. The van der Waals surface area contributed by atoms with Crippen LogP contribution in [0.15, 0.2) is 77.7 Å². The van der Waals surface area contributed by atoms with Crippen molar-refractivity contribution in [2.75, 3.05) is 11.4 Å². The molecule has 10 heteroatoms. The molecule has 0 aromatic heterocycles. The highest BCUT2D eigenvalue weighted by Gasteiger charge is 2.47. The van der Waals surface area contributed by atoms with Gasteiger partial charge in [0.25, 0.3) is 5.91 Å². The molecule has 2 amide bonds. The van der Waals surface area contributed by atoms with Crippen molar-refractivity contribution >= 4 is 50.7 Å². The van der Waals surface area contributed by atoms with Crippen molar-refractivity contribution in [1.82, 2.24) is 4.31 Å². The van der Waals surface area contributed by atoms with Crippen LogP contribution in [0.5, 0.6) is 0 Å². The summed E-state index contributed by atoms with van der Waals surface area (Å²) in [4.78, 5) is 26.7. The second kappa shape index (κ2) is 9.84. The van der Waals surface area contributed by atoms with E-state index in [2.05, 4.69) is 0 Å². The molecular formula is C24H19Cl2FN2O4S. The molecule has 176 valence electrons. The van der Waals surface area contributed by atoms with Gasteiger partial charge in [-0.15, -0.1) is 0 Å². The minimum Gasteiger partial charge on any atom is -0.274 e. The molecule has 1 atom stereocenters. The van der Waals surface area contributed by atoms with E-state index in [1.807, 2.05) is 30.3 Å². The molecule has 0 bridgehead atoms. The van der Waals surface area contributed by atoms with Crippen LogP contribution in [0.2, 0.25) is 10.0 Å². The number of rotatable bonds is 7. The Hall–Kier alpha value is -2.78. The normalized spacial score (nSPS) is 16.5. The first-order chi connectivity index (χ1) is 16.2. The zero-order chi connectivity index (χ0) is 24.5. The topological polar surface area (TPSA) is 74.8 Å². The van der Waals surface area contributed by atoms with E-state index >= 15 is 0 Å². The van der Waals surface area contributed by atoms with Gasteiger partial charge in [-0.25, -0.2) is 17.7 Å². The largest absolute Gasteiger partial charge is 0.274 e. The smallest absolute Gasteiger partial charge is 0.252 e. The van der Waals surface area contributed by atoms with Crippen molar-refractivity contribution < 1.29 is 22.4 Å². The van der Waals surface area contributed by atoms with Crippen LogP contribution in [0.4, 0.5) is 10.1 Å². The first-order valence-corrected chi connectivity index (χ1v) is 12.5. The number of halogens is 3. The SMILES string of the molecule is O=C1CC(N(CCc2ccccc2)S(=O)(=O)c2cc(Cl)ccc2Cl)C(=O)N1c1ccc(F)cc1. The maximum Gasteiger partial charge on any atom is 0.252 e. The molecule has 4 rings (SSSR count). The van der Waals surface area contributed by atoms with E-state index < -0.39 is 33.7 Å². The van der Waals surface area contributed by atoms with Crippen molar-refractivity contribution in [3.63, 3.8) is 0 Å². The molecule has 0 N–H and O–H groups in total. The van der Waals surface area contributed by atoms with Crippen LogP contribution in [0.1, 0.15) is 12.0 Å². The molecule has 34 heavy (non-hydrogen) atoms. The van der Waals surface area contributed by atoms with Crippen molar-refractivity contribution in [3.8, 4) is 0 Å². The van der Waals surface area contributed by atoms with Gasteiger partial charge in [-0.3, -0.25) is 9.59 Å². The van der Waals surface area contributed by atoms with E-state index in [0.717, 1.165) is 26.9 Å². The average molecular weight is 521 g/mol. The van der Waals surface area contributed by atoms with Gasteiger partial charge >= 0.3 is 0 Å². The van der Waals surface area contributed by atoms with Gasteiger partial charge in [0.1, 0.15) is 16.8 Å². The summed E-state index contributed by atoms with van der Waals surface area (Å²) >= 11 is 12.2. The zero-order valence-electron chi connectivity index (χ0n) is 17.7. The van der Waals surface area contributed by atoms with Gasteiger partial charge in [0.2, 0.25) is 15.9 Å². The summed E-state index contributed by atoms with van der Waals surface area (Å²) in [6, 6.07) is 16.7. The third kappa shape index (κ3) is 4.86. The number of carbonyl (C=O) groups excluding carboxylic acids is 2. The van der Waals surface area contributed by atoms with Crippen molar-refractivity contribution in [1.29, 1.82) is 0 Å². The highest BCUT2D eigenvalue weighted by molar-refractivity contribution is 7.89. The van der Waals surface area contributed by atoms with Crippen molar-refractivity contribution in [2.45, 2.75) is 23.8 Å². The molecule has 0 radical (unpaired) electrons. The van der Waals surface area contributed by atoms with E-state index in [0.29, 0.717) is 6.42 Å². The van der Waals surface area contributed by atoms with Crippen LogP contribution >= 0.6 is 23.2 Å². The molecule has 1 aliphatic heterocycles. The van der Waals surface area contributed by atoms with Gasteiger partial charge in [0.15, 0.2) is 0 Å². The Morgan fingerprint density at radius 1 is 0.971 bits per heavy atom. The fraction of sp³-hybridized carbons (Fsp3) is 0.167. The number of imide groups is 1. The molecule has 1 heterocycles. The number of amides is 2. The summed E-state index contributed by atoms with van der Waals surface area (Å²) in [5.74, 6) is -1.83. The number of benzene rings is 3. The van der Waals surface area contributed by atoms with Crippen LogP contribution in [0, 0.1) is 5.82 Å². The minimum atomic E-state index is -4.32. The number of anilines is 1. The number of hydrogen-bond acceptors (Lipinski definition) is 4. The summed E-state index contributed by atoms with van der Waals surface area (Å²) in [5.41, 5.74) is 1.02. The molecule has 0 aliphatic carbocycles. The van der Waals surface area contributed by atoms with Gasteiger partial charge < -0.3 is 0 Å². The Bertz CT molecular complexity index is 1330. The maximum atomic E-state index is 13.7. The fourth-order valence-corrected chi connectivity index (χ4v) is 6.15. The van der Waals surface area contributed by atoms with E-state index in [9.17, 15) is 22.4 Å². The van der Waals surface area contributed by atoms with Crippen LogP contribution < -0.4 is 4.90 Å². The fourth-order valence-electron chi connectivity index (χ4n) is 3.83. The van der Waals surface area contributed by atoms with Crippen LogP contribution in [0.25, 0.3) is 0 Å². The average Bonchev–Trinajstić information content (AvgIpc) is 3.10. The lowest BCUT2D eigenvalue weighted by Crippen LogP contribution is -2.46. The molecule has 1 unspecified atom stereocenters. The molecule has 1 saturated heterocycles. The van der Waals surface area contributed by atoms with E-state index in [1.54, 1.807) is 0 Å². The predicted octanol–water partition coefficient (Wildman–Crippen LogP) is 4.70. The third-order valence-electron chi connectivity index (χ3n) is 5.50. The van der Waals surface area contributed by atoms with Crippen LogP contribution in [0.3, 0.4) is 0 Å². The van der Waals surface area contributed by atoms with E-state index in [4.69, 9.17) is 23.2 Å². The Morgan fingerprint density at radius 2 is 1.65 bits per heavy atom. The maximum absolute atomic E-state index is 13.7. The number of carbonyl (C=O) groups is 2. The summed E-state index contributed by atoms with van der Waals surface area (Å²) in [7, 11) is -4.32.